The Labute approximate surface area is 93.9 Å². The number of aliphatic imine (C=N–C) groups is 1. The molecule has 1 aromatic carbocycles. The first-order chi connectivity index (χ1) is 8.40. The first kappa shape index (κ1) is 7.45. The summed E-state index contributed by atoms with van der Waals surface area (Å²) in [6.45, 7) is 1.89. The van der Waals surface area contributed by atoms with E-state index >= 15 is 0 Å². The van der Waals surface area contributed by atoms with Crippen molar-refractivity contribution in [1.29, 1.82) is 5.41 Å². The lowest BCUT2D eigenvalue weighted by Gasteiger charge is -2.02. The maximum atomic E-state index is 7.68. The smallest absolute Gasteiger partial charge is 0.194 e. The van der Waals surface area contributed by atoms with E-state index < -0.39 is 0 Å². The first-order valence-corrected chi connectivity index (χ1v) is 4.59. The molecule has 0 heterocycles. The van der Waals surface area contributed by atoms with Gasteiger partial charge in [0.25, 0.3) is 0 Å². The third-order valence-corrected chi connectivity index (χ3v) is 1.62. The minimum Gasteiger partial charge on any atom is -0.370 e. The highest BCUT2D eigenvalue weighted by Crippen LogP contribution is 1.98. The number of benzene rings is 1. The Morgan fingerprint density at radius 1 is 1.60 bits per heavy atom. The van der Waals surface area contributed by atoms with E-state index in [1.807, 2.05) is 0 Å². The van der Waals surface area contributed by atoms with Crippen molar-refractivity contribution >= 4 is 11.8 Å². The van der Waals surface area contributed by atoms with Crippen molar-refractivity contribution in [1.82, 2.24) is 5.32 Å². The van der Waals surface area contributed by atoms with E-state index in [-0.39, 0.29) is 29.9 Å². The quantitative estimate of drug-likeness (QED) is 0.513. The fourth-order valence-electron chi connectivity index (χ4n) is 1.01. The average molecular weight is 207 g/mol. The van der Waals surface area contributed by atoms with Gasteiger partial charge < -0.3 is 11.1 Å². The second kappa shape index (κ2) is 5.80. The Hall–Kier alpha value is -1.84. The number of hydrogen-bond acceptors (Lipinski definition) is 2. The Kier molecular flexibility index (Phi) is 2.88. The molecule has 4 heteroatoms. The zero-order valence-corrected chi connectivity index (χ0v) is 8.59. The summed E-state index contributed by atoms with van der Waals surface area (Å²) in [4.78, 5) is 3.99. The van der Waals surface area contributed by atoms with Crippen molar-refractivity contribution in [2.75, 3.05) is 6.54 Å². The molecule has 0 atom stereocenters. The molecule has 0 aliphatic carbocycles. The standard InChI is InChI=1S/C11H16N4/c1-9(12)15-11(13)14-8-7-10-5-3-2-4-6-10/h2-6H,7-8H2,1H3,(H4,12,13,14,15)/i2D,5D,6D. The van der Waals surface area contributed by atoms with Crippen LogP contribution in [0.3, 0.4) is 0 Å². The summed E-state index contributed by atoms with van der Waals surface area (Å²) >= 11 is 0. The van der Waals surface area contributed by atoms with Crippen LogP contribution < -0.4 is 11.1 Å². The van der Waals surface area contributed by atoms with E-state index in [0.29, 0.717) is 18.5 Å². The molecule has 15 heavy (non-hydrogen) atoms. The van der Waals surface area contributed by atoms with Crippen molar-refractivity contribution in [2.24, 2.45) is 10.7 Å². The summed E-state index contributed by atoms with van der Waals surface area (Å²) < 4.78 is 22.7. The largest absolute Gasteiger partial charge is 0.370 e. The summed E-state index contributed by atoms with van der Waals surface area (Å²) in [5.41, 5.74) is 6.06. The molecule has 0 spiro atoms. The predicted octanol–water partition coefficient (Wildman–Crippen LogP) is 1.13. The van der Waals surface area contributed by atoms with Crippen LogP contribution in [0.5, 0.6) is 0 Å². The van der Waals surface area contributed by atoms with E-state index in [0.717, 1.165) is 0 Å². The van der Waals surface area contributed by atoms with Gasteiger partial charge in [0, 0.05) is 6.54 Å². The third kappa shape index (κ3) is 4.81. The monoisotopic (exact) mass is 207 g/mol. The summed E-state index contributed by atoms with van der Waals surface area (Å²) in [6, 6.07) is 3.33. The highest BCUT2D eigenvalue weighted by atomic mass is 15.1. The van der Waals surface area contributed by atoms with Crippen LogP contribution in [-0.2, 0) is 6.42 Å². The molecule has 0 aliphatic rings. The molecule has 0 bridgehead atoms. The summed E-state index contributed by atoms with van der Waals surface area (Å²) in [5, 5.41) is 9.72. The minimum atomic E-state index is 0.151. The Balaban J connectivity index is 2.67. The number of nitrogens with zero attached hydrogens (tertiary/aromatic N) is 1. The van der Waals surface area contributed by atoms with Gasteiger partial charge in [0.1, 0.15) is 0 Å². The van der Waals surface area contributed by atoms with Crippen LogP contribution in [0.2, 0.25) is 0 Å². The van der Waals surface area contributed by atoms with E-state index in [1.165, 1.54) is 12.1 Å². The predicted molar refractivity (Wildman–Crippen MR) is 63.2 cm³/mol. The number of guanidine groups is 1. The Bertz CT molecular complexity index is 462. The van der Waals surface area contributed by atoms with Crippen molar-refractivity contribution in [2.45, 2.75) is 13.3 Å². The molecular formula is C11H16N4. The van der Waals surface area contributed by atoms with Gasteiger partial charge in [-0.05, 0) is 18.9 Å². The van der Waals surface area contributed by atoms with E-state index in [1.54, 1.807) is 6.92 Å². The van der Waals surface area contributed by atoms with Crippen LogP contribution in [-0.4, -0.2) is 18.3 Å². The number of hydrogen-bond donors (Lipinski definition) is 3. The zero-order valence-electron chi connectivity index (χ0n) is 11.6. The van der Waals surface area contributed by atoms with Gasteiger partial charge in [-0.2, -0.15) is 0 Å². The summed E-state index contributed by atoms with van der Waals surface area (Å²) in [7, 11) is 0. The Morgan fingerprint density at radius 3 is 2.87 bits per heavy atom. The van der Waals surface area contributed by atoms with Gasteiger partial charge in [0.05, 0.1) is 9.95 Å². The first-order valence-electron chi connectivity index (χ1n) is 6.09. The summed E-state index contributed by atoms with van der Waals surface area (Å²) in [5.74, 6) is 0.356. The lowest BCUT2D eigenvalue weighted by atomic mass is 10.2. The second-order valence-corrected chi connectivity index (χ2v) is 2.99. The van der Waals surface area contributed by atoms with E-state index in [9.17, 15) is 0 Å². The van der Waals surface area contributed by atoms with Crippen molar-refractivity contribution < 1.29 is 4.11 Å². The molecule has 0 saturated carbocycles. The molecule has 1 rings (SSSR count). The molecule has 4 N–H and O–H groups in total. The molecule has 4 nitrogen and oxygen atoms in total. The van der Waals surface area contributed by atoms with Gasteiger partial charge in [-0.1, -0.05) is 30.3 Å². The van der Waals surface area contributed by atoms with Gasteiger partial charge in [0.2, 0.25) is 0 Å². The second-order valence-electron chi connectivity index (χ2n) is 2.99. The van der Waals surface area contributed by atoms with Crippen molar-refractivity contribution in [3.05, 3.63) is 35.8 Å². The van der Waals surface area contributed by atoms with Gasteiger partial charge in [-0.15, -0.1) is 0 Å². The number of amidine groups is 1. The highest BCUT2D eigenvalue weighted by Gasteiger charge is 1.92. The topological polar surface area (TPSA) is 74.3 Å². The normalized spacial score (nSPS) is 13.9. The van der Waals surface area contributed by atoms with Gasteiger partial charge >= 0.3 is 0 Å². The molecule has 80 valence electrons. The lowest BCUT2D eigenvalue weighted by Crippen LogP contribution is -2.35. The Morgan fingerprint density at radius 2 is 2.27 bits per heavy atom. The maximum absolute atomic E-state index is 7.68. The van der Waals surface area contributed by atoms with Crippen LogP contribution in [0, 0.1) is 5.41 Å². The van der Waals surface area contributed by atoms with Gasteiger partial charge in [-0.3, -0.25) is 10.4 Å². The fraction of sp³-hybridized carbons (Fsp3) is 0.273. The van der Waals surface area contributed by atoms with Crippen molar-refractivity contribution in [3.63, 3.8) is 0 Å². The SMILES string of the molecule is [2H]c1cc([2H])c(CCN=C(N)NC(C)=N)c([2H])c1. The van der Waals surface area contributed by atoms with Crippen LogP contribution in [0.25, 0.3) is 0 Å². The molecular weight excluding hydrogens is 188 g/mol. The molecule has 0 saturated heterocycles. The number of rotatable bonds is 3. The van der Waals surface area contributed by atoms with Crippen LogP contribution in [0.1, 0.15) is 16.6 Å². The molecule has 0 fully saturated rings. The minimum absolute atomic E-state index is 0.151. The van der Waals surface area contributed by atoms with E-state index in [4.69, 9.17) is 15.3 Å². The van der Waals surface area contributed by atoms with Crippen LogP contribution >= 0.6 is 0 Å². The van der Waals surface area contributed by atoms with E-state index in [2.05, 4.69) is 10.3 Å². The van der Waals surface area contributed by atoms with Gasteiger partial charge in [0.15, 0.2) is 5.96 Å². The average Bonchev–Trinajstić information content (AvgIpc) is 2.20. The number of nitrogens with one attached hydrogen (secondary N) is 2. The lowest BCUT2D eigenvalue weighted by molar-refractivity contribution is 0.955. The van der Waals surface area contributed by atoms with Crippen LogP contribution in [0.15, 0.2) is 35.3 Å². The maximum Gasteiger partial charge on any atom is 0.194 e. The molecule has 1 aromatic rings. The molecule has 0 unspecified atom stereocenters. The van der Waals surface area contributed by atoms with Gasteiger partial charge in [-0.25, -0.2) is 0 Å². The molecule has 0 radical (unpaired) electrons. The molecule has 0 aromatic heterocycles. The molecule has 0 aliphatic heterocycles. The van der Waals surface area contributed by atoms with Crippen molar-refractivity contribution in [3.8, 4) is 0 Å². The third-order valence-electron chi connectivity index (χ3n) is 1.62. The molecule has 0 amide bonds. The van der Waals surface area contributed by atoms with Crippen LogP contribution in [0.4, 0.5) is 0 Å². The fourth-order valence-corrected chi connectivity index (χ4v) is 1.01. The highest BCUT2D eigenvalue weighted by molar-refractivity contribution is 5.96. The number of nitrogens with two attached hydrogens (primary N) is 1. The summed E-state index contributed by atoms with van der Waals surface area (Å²) in [6.07, 6.45) is 0.414. The zero-order chi connectivity index (χ0) is 13.7.